The van der Waals surface area contributed by atoms with Crippen molar-refractivity contribution in [1.82, 2.24) is 30.0 Å². The molecule has 1 saturated heterocycles. The number of benzene rings is 2. The zero-order valence-electron chi connectivity index (χ0n) is 22.2. The number of aromatic amines is 1. The Balaban J connectivity index is 1.42. The predicted octanol–water partition coefficient (Wildman–Crippen LogP) is 3.00. The molecule has 2 aliphatic rings. The largest absolute Gasteiger partial charge is 0.475 e. The second-order valence-corrected chi connectivity index (χ2v) is 11.8. The molecule has 1 fully saturated rings. The number of carbonyl (C=O) groups excluding carboxylic acids is 1. The Morgan fingerprint density at radius 1 is 1.02 bits per heavy atom. The van der Waals surface area contributed by atoms with Crippen LogP contribution in [0.25, 0.3) is 11.3 Å². The van der Waals surface area contributed by atoms with Gasteiger partial charge in [0.05, 0.1) is 16.6 Å². The van der Waals surface area contributed by atoms with Crippen molar-refractivity contribution in [2.24, 2.45) is 0 Å². The SMILES string of the molecule is Cc1cccc(C)c1-c1cc2nc(n1)NS(=O)(=O)c1cccc(c1)C(=O)N1CCN(Cc3ccn[nH]3)C[C@@H]1CO2. The molecule has 0 unspecified atom stereocenters. The monoisotopic (exact) mass is 559 g/mol. The van der Waals surface area contributed by atoms with Crippen molar-refractivity contribution in [2.75, 3.05) is 31.0 Å². The Kier molecular flexibility index (Phi) is 6.72. The number of nitrogens with one attached hydrogen (secondary N) is 2. The van der Waals surface area contributed by atoms with Crippen molar-refractivity contribution in [3.8, 4) is 17.1 Å². The number of piperazine rings is 1. The molecule has 4 aromatic rings. The first kappa shape index (κ1) is 26.0. The van der Waals surface area contributed by atoms with Gasteiger partial charge in [0.2, 0.25) is 11.8 Å². The summed E-state index contributed by atoms with van der Waals surface area (Å²) in [5.41, 5.74) is 4.66. The molecule has 0 radical (unpaired) electrons. The predicted molar refractivity (Wildman–Crippen MR) is 148 cm³/mol. The van der Waals surface area contributed by atoms with Gasteiger partial charge in [0.15, 0.2) is 0 Å². The molecule has 0 aliphatic carbocycles. The highest BCUT2D eigenvalue weighted by Gasteiger charge is 2.33. The van der Waals surface area contributed by atoms with Crippen molar-refractivity contribution in [1.29, 1.82) is 0 Å². The molecule has 0 saturated carbocycles. The highest BCUT2D eigenvalue weighted by atomic mass is 32.2. The average Bonchev–Trinajstić information content (AvgIpc) is 3.44. The first-order valence-corrected chi connectivity index (χ1v) is 14.5. The molecule has 11 nitrogen and oxygen atoms in total. The van der Waals surface area contributed by atoms with E-state index >= 15 is 0 Å². The van der Waals surface area contributed by atoms with E-state index in [1.165, 1.54) is 12.1 Å². The van der Waals surface area contributed by atoms with Crippen molar-refractivity contribution in [3.05, 3.63) is 83.2 Å². The molecule has 6 rings (SSSR count). The van der Waals surface area contributed by atoms with Crippen molar-refractivity contribution in [2.45, 2.75) is 31.3 Å². The summed E-state index contributed by atoms with van der Waals surface area (Å²) in [6.45, 7) is 6.44. The van der Waals surface area contributed by atoms with Crippen LogP contribution in [0.4, 0.5) is 5.95 Å². The number of aromatic nitrogens is 4. The molecule has 4 bridgehead atoms. The number of hydrogen-bond acceptors (Lipinski definition) is 8. The third-order valence-electron chi connectivity index (χ3n) is 7.26. The van der Waals surface area contributed by atoms with Crippen LogP contribution in [0.2, 0.25) is 0 Å². The number of amides is 1. The van der Waals surface area contributed by atoms with Crippen LogP contribution >= 0.6 is 0 Å². The summed E-state index contributed by atoms with van der Waals surface area (Å²) in [7, 11) is -4.09. The number of fused-ring (bicyclic) bond motifs is 5. The molecule has 2 aliphatic heterocycles. The van der Waals surface area contributed by atoms with E-state index in [1.54, 1.807) is 29.3 Å². The lowest BCUT2D eigenvalue weighted by Gasteiger charge is -2.41. The normalized spacial score (nSPS) is 18.9. The van der Waals surface area contributed by atoms with Gasteiger partial charge >= 0.3 is 0 Å². The van der Waals surface area contributed by atoms with Crippen molar-refractivity contribution in [3.63, 3.8) is 0 Å². The van der Waals surface area contributed by atoms with Crippen LogP contribution in [0, 0.1) is 13.8 Å². The summed E-state index contributed by atoms with van der Waals surface area (Å²) in [5.74, 6) is -0.137. The molecule has 1 amide bonds. The summed E-state index contributed by atoms with van der Waals surface area (Å²) in [5, 5.41) is 7.03. The Hall–Kier alpha value is -4.29. The first-order valence-electron chi connectivity index (χ1n) is 13.0. The summed E-state index contributed by atoms with van der Waals surface area (Å²) < 4.78 is 35.4. The Labute approximate surface area is 232 Å². The van der Waals surface area contributed by atoms with E-state index in [4.69, 9.17) is 4.74 Å². The highest BCUT2D eigenvalue weighted by molar-refractivity contribution is 7.92. The molecule has 40 heavy (non-hydrogen) atoms. The van der Waals surface area contributed by atoms with Crippen molar-refractivity contribution >= 4 is 21.9 Å². The molecule has 2 aromatic carbocycles. The van der Waals surface area contributed by atoms with E-state index < -0.39 is 10.0 Å². The van der Waals surface area contributed by atoms with Crippen LogP contribution in [-0.4, -0.2) is 76.6 Å². The smallest absolute Gasteiger partial charge is 0.264 e. The zero-order valence-corrected chi connectivity index (χ0v) is 23.0. The third-order valence-corrected chi connectivity index (χ3v) is 8.59. The van der Waals surface area contributed by atoms with Crippen LogP contribution < -0.4 is 9.46 Å². The van der Waals surface area contributed by atoms with E-state index in [0.29, 0.717) is 31.9 Å². The quantitative estimate of drug-likeness (QED) is 0.391. The van der Waals surface area contributed by atoms with Gasteiger partial charge in [-0.05, 0) is 49.2 Å². The maximum absolute atomic E-state index is 13.7. The number of anilines is 1. The number of H-pyrrole nitrogens is 1. The molecular weight excluding hydrogens is 530 g/mol. The first-order chi connectivity index (χ1) is 19.3. The van der Waals surface area contributed by atoms with Crippen LogP contribution in [0.15, 0.2) is 65.7 Å². The maximum atomic E-state index is 13.7. The topological polar surface area (TPSA) is 133 Å². The minimum Gasteiger partial charge on any atom is -0.475 e. The maximum Gasteiger partial charge on any atom is 0.264 e. The van der Waals surface area contributed by atoms with E-state index in [1.807, 2.05) is 38.1 Å². The number of ether oxygens (including phenoxy) is 1. The fourth-order valence-electron chi connectivity index (χ4n) is 5.30. The molecular formula is C28H29N7O4S. The lowest BCUT2D eigenvalue weighted by molar-refractivity contribution is 0.0307. The van der Waals surface area contributed by atoms with Crippen molar-refractivity contribution < 1.29 is 17.9 Å². The van der Waals surface area contributed by atoms with Crippen LogP contribution in [-0.2, 0) is 16.6 Å². The molecule has 1 atom stereocenters. The molecule has 12 heteroatoms. The van der Waals surface area contributed by atoms with Gasteiger partial charge in [-0.2, -0.15) is 10.1 Å². The Morgan fingerprint density at radius 2 is 1.82 bits per heavy atom. The molecule has 4 heterocycles. The van der Waals surface area contributed by atoms with Gasteiger partial charge < -0.3 is 9.64 Å². The fourth-order valence-corrected chi connectivity index (χ4v) is 6.29. The van der Waals surface area contributed by atoms with Gasteiger partial charge in [0.1, 0.15) is 6.61 Å². The number of nitrogens with zero attached hydrogens (tertiary/aromatic N) is 5. The summed E-state index contributed by atoms with van der Waals surface area (Å²) in [4.78, 5) is 26.6. The number of aryl methyl sites for hydroxylation is 2. The second kappa shape index (κ2) is 10.4. The van der Waals surface area contributed by atoms with Crippen LogP contribution in [0.3, 0.4) is 0 Å². The summed E-state index contributed by atoms with van der Waals surface area (Å²) >= 11 is 0. The van der Waals surface area contributed by atoms with E-state index in [9.17, 15) is 13.2 Å². The molecule has 2 N–H and O–H groups in total. The minimum absolute atomic E-state index is 0.0458. The van der Waals surface area contributed by atoms with Gasteiger partial charge in [-0.3, -0.25) is 14.8 Å². The zero-order chi connectivity index (χ0) is 27.9. The third kappa shape index (κ3) is 5.15. The molecule has 0 spiro atoms. The van der Waals surface area contributed by atoms with Gasteiger partial charge in [-0.25, -0.2) is 18.1 Å². The number of sulfonamides is 1. The standard InChI is InChI=1S/C28H29N7O4S/c1-18-5-3-6-19(2)26(18)24-14-25-31-28(30-24)33-40(37,38)23-8-4-7-20(13-23)27(36)35-12-11-34(16-22(35)17-39-25)15-21-9-10-29-32-21/h3-10,13-14,22H,11-12,15-17H2,1-2H3,(H,29,32)(H,30,31,33)/t22-/m1/s1. The van der Waals surface area contributed by atoms with Gasteiger partial charge in [0.25, 0.3) is 15.9 Å². The van der Waals surface area contributed by atoms with E-state index in [2.05, 4.69) is 29.8 Å². The Morgan fingerprint density at radius 3 is 2.60 bits per heavy atom. The van der Waals surface area contributed by atoms with Gasteiger partial charge in [0, 0.05) is 55.3 Å². The number of carbonyl (C=O) groups is 1. The Bertz CT molecular complexity index is 1650. The molecule has 2 aromatic heterocycles. The summed E-state index contributed by atoms with van der Waals surface area (Å²) in [6, 6.07) is 15.3. The van der Waals surface area contributed by atoms with Crippen LogP contribution in [0.5, 0.6) is 5.88 Å². The average molecular weight is 560 g/mol. The minimum atomic E-state index is -4.09. The van der Waals surface area contributed by atoms with E-state index in [-0.39, 0.29) is 40.8 Å². The fraction of sp³-hybridized carbons (Fsp3) is 0.286. The lowest BCUT2D eigenvalue weighted by Crippen LogP contribution is -2.57. The lowest BCUT2D eigenvalue weighted by atomic mass is 10.00. The van der Waals surface area contributed by atoms with Gasteiger partial charge in [-0.15, -0.1) is 0 Å². The van der Waals surface area contributed by atoms with E-state index in [0.717, 1.165) is 22.4 Å². The molecule has 206 valence electrons. The number of hydrogen-bond donors (Lipinski definition) is 2. The van der Waals surface area contributed by atoms with Crippen LogP contribution in [0.1, 0.15) is 27.2 Å². The number of rotatable bonds is 3. The van der Waals surface area contributed by atoms with Gasteiger partial charge in [-0.1, -0.05) is 24.3 Å². The second-order valence-electron chi connectivity index (χ2n) is 10.1. The summed E-state index contributed by atoms with van der Waals surface area (Å²) in [6.07, 6.45) is 1.71. The highest BCUT2D eigenvalue weighted by Crippen LogP contribution is 2.30.